The molecule has 264 valence electrons. The molecule has 2 nitrogen and oxygen atoms in total. The standard InChI is InChI=1S/C55H34N2/c1-2-13-37(14-3-1)55-56-51-23-10-11-24-52(51)57(55)40-29-27-35(28-30-40)41-31-32-42(44-17-5-4-16-43(41)44)39-33-38-26-25-36-15-12-22-49-47-20-8-6-18-45(47)46-19-7-9-21-48(46)50(34-39)54(38)53(36)49/h1-34H. The maximum absolute atomic E-state index is 5.06. The highest BCUT2D eigenvalue weighted by molar-refractivity contribution is 6.33. The lowest BCUT2D eigenvalue weighted by Gasteiger charge is -2.17. The van der Waals surface area contributed by atoms with Gasteiger partial charge in [-0.1, -0.05) is 170 Å². The van der Waals surface area contributed by atoms with Gasteiger partial charge < -0.3 is 0 Å². The molecule has 11 aromatic carbocycles. The predicted octanol–water partition coefficient (Wildman–Crippen LogP) is 14.9. The largest absolute Gasteiger partial charge is 0.292 e. The number of hydrogen-bond acceptors (Lipinski definition) is 1. The second-order valence-electron chi connectivity index (χ2n) is 15.1. The monoisotopic (exact) mass is 722 g/mol. The van der Waals surface area contributed by atoms with Crippen molar-refractivity contribution in [1.29, 1.82) is 0 Å². The third-order valence-electron chi connectivity index (χ3n) is 11.9. The van der Waals surface area contributed by atoms with Crippen LogP contribution in [-0.4, -0.2) is 9.55 Å². The Kier molecular flexibility index (Phi) is 6.96. The lowest BCUT2D eigenvalue weighted by Crippen LogP contribution is -1.97. The highest BCUT2D eigenvalue weighted by atomic mass is 15.1. The van der Waals surface area contributed by atoms with Crippen molar-refractivity contribution >= 4 is 75.7 Å². The third-order valence-corrected chi connectivity index (χ3v) is 11.9. The van der Waals surface area contributed by atoms with Crippen LogP contribution in [0.2, 0.25) is 0 Å². The minimum absolute atomic E-state index is 0.941. The Balaban J connectivity index is 1.05. The van der Waals surface area contributed by atoms with Crippen molar-refractivity contribution in [3.05, 3.63) is 206 Å². The quantitative estimate of drug-likeness (QED) is 0.165. The SMILES string of the molecule is c1ccc(-c2nc3ccccc3n2-c2ccc(-c3ccc(-c4cc5ccc6cccc7c8ccccc8c8ccccc8c(c4)c5c67)c4ccccc34)cc2)cc1. The van der Waals surface area contributed by atoms with Gasteiger partial charge in [0.25, 0.3) is 0 Å². The van der Waals surface area contributed by atoms with Gasteiger partial charge in [-0.05, 0) is 123 Å². The first-order chi connectivity index (χ1) is 28.3. The molecule has 0 saturated carbocycles. The molecule has 0 amide bonds. The van der Waals surface area contributed by atoms with Crippen molar-refractivity contribution in [2.75, 3.05) is 0 Å². The van der Waals surface area contributed by atoms with Gasteiger partial charge in [-0.3, -0.25) is 4.57 Å². The van der Waals surface area contributed by atoms with Crippen molar-refractivity contribution in [2.24, 2.45) is 0 Å². The van der Waals surface area contributed by atoms with E-state index >= 15 is 0 Å². The van der Waals surface area contributed by atoms with Crippen LogP contribution in [0.5, 0.6) is 0 Å². The summed E-state index contributed by atoms with van der Waals surface area (Å²) >= 11 is 0. The van der Waals surface area contributed by atoms with E-state index in [4.69, 9.17) is 4.98 Å². The van der Waals surface area contributed by atoms with Crippen LogP contribution in [0, 0.1) is 0 Å². The molecule has 0 aliphatic carbocycles. The molecule has 1 aromatic heterocycles. The molecule has 0 radical (unpaired) electrons. The number of rotatable bonds is 4. The smallest absolute Gasteiger partial charge is 0.145 e. The lowest BCUT2D eigenvalue weighted by molar-refractivity contribution is 1.10. The molecule has 57 heavy (non-hydrogen) atoms. The minimum atomic E-state index is 0.941. The lowest BCUT2D eigenvalue weighted by atomic mass is 9.87. The van der Waals surface area contributed by atoms with Gasteiger partial charge in [0.2, 0.25) is 0 Å². The van der Waals surface area contributed by atoms with Crippen LogP contribution in [0.25, 0.3) is 115 Å². The minimum Gasteiger partial charge on any atom is -0.292 e. The Bertz CT molecular complexity index is 3560. The van der Waals surface area contributed by atoms with E-state index in [9.17, 15) is 0 Å². The summed E-state index contributed by atoms with van der Waals surface area (Å²) in [6, 6.07) is 75.3. The second kappa shape index (κ2) is 12.5. The molecule has 0 bridgehead atoms. The van der Waals surface area contributed by atoms with Crippen molar-refractivity contribution in [2.45, 2.75) is 0 Å². The van der Waals surface area contributed by atoms with E-state index in [0.717, 1.165) is 28.1 Å². The molecule has 12 aromatic rings. The predicted molar refractivity (Wildman–Crippen MR) is 242 cm³/mol. The summed E-state index contributed by atoms with van der Waals surface area (Å²) in [5, 5.41) is 15.3. The first-order valence-electron chi connectivity index (χ1n) is 19.6. The maximum Gasteiger partial charge on any atom is 0.145 e. The first-order valence-corrected chi connectivity index (χ1v) is 19.6. The van der Waals surface area contributed by atoms with Gasteiger partial charge in [0.05, 0.1) is 11.0 Å². The van der Waals surface area contributed by atoms with E-state index in [2.05, 4.69) is 205 Å². The Hall–Kier alpha value is -7.55. The average Bonchev–Trinajstić information content (AvgIpc) is 3.68. The van der Waals surface area contributed by atoms with E-state index in [1.165, 1.54) is 86.9 Å². The highest BCUT2D eigenvalue weighted by Crippen LogP contribution is 2.44. The highest BCUT2D eigenvalue weighted by Gasteiger charge is 2.17. The van der Waals surface area contributed by atoms with E-state index < -0.39 is 0 Å². The molecule has 1 heterocycles. The molecule has 0 atom stereocenters. The number of nitrogens with zero attached hydrogens (tertiary/aromatic N) is 2. The summed E-state index contributed by atoms with van der Waals surface area (Å²) in [5.74, 6) is 0.941. The number of benzene rings is 10. The van der Waals surface area contributed by atoms with Gasteiger partial charge in [0, 0.05) is 11.3 Å². The van der Waals surface area contributed by atoms with Gasteiger partial charge in [0.1, 0.15) is 5.82 Å². The summed E-state index contributed by atoms with van der Waals surface area (Å²) in [5.41, 5.74) is 9.10. The summed E-state index contributed by atoms with van der Waals surface area (Å²) in [6.07, 6.45) is 0. The molecular weight excluding hydrogens is 689 g/mol. The molecule has 2 heteroatoms. The van der Waals surface area contributed by atoms with Gasteiger partial charge in [-0.2, -0.15) is 0 Å². The molecule has 0 unspecified atom stereocenters. The third kappa shape index (κ3) is 4.87. The van der Waals surface area contributed by atoms with Gasteiger partial charge in [-0.15, -0.1) is 0 Å². The number of imidazole rings is 1. The van der Waals surface area contributed by atoms with Crippen LogP contribution in [0.1, 0.15) is 0 Å². The molecule has 0 aliphatic heterocycles. The summed E-state index contributed by atoms with van der Waals surface area (Å²) in [7, 11) is 0. The number of aromatic nitrogens is 2. The van der Waals surface area contributed by atoms with Crippen molar-refractivity contribution in [3.8, 4) is 39.3 Å². The van der Waals surface area contributed by atoms with Crippen molar-refractivity contribution in [3.63, 3.8) is 0 Å². The molecule has 0 aliphatic rings. The van der Waals surface area contributed by atoms with E-state index in [1.54, 1.807) is 0 Å². The van der Waals surface area contributed by atoms with Crippen LogP contribution in [-0.2, 0) is 0 Å². The molecule has 0 spiro atoms. The zero-order chi connectivity index (χ0) is 37.5. The zero-order valence-electron chi connectivity index (χ0n) is 31.0. The number of para-hydroxylation sites is 2. The fourth-order valence-electron chi connectivity index (χ4n) is 9.40. The van der Waals surface area contributed by atoms with E-state index in [-0.39, 0.29) is 0 Å². The van der Waals surface area contributed by atoms with Crippen LogP contribution in [0.15, 0.2) is 206 Å². The van der Waals surface area contributed by atoms with Crippen molar-refractivity contribution in [1.82, 2.24) is 9.55 Å². The molecule has 0 N–H and O–H groups in total. The van der Waals surface area contributed by atoms with Crippen LogP contribution < -0.4 is 0 Å². The topological polar surface area (TPSA) is 17.8 Å². The van der Waals surface area contributed by atoms with Crippen LogP contribution in [0.3, 0.4) is 0 Å². The van der Waals surface area contributed by atoms with Gasteiger partial charge in [0.15, 0.2) is 0 Å². The van der Waals surface area contributed by atoms with Crippen molar-refractivity contribution < 1.29 is 0 Å². The van der Waals surface area contributed by atoms with Gasteiger partial charge in [-0.25, -0.2) is 4.98 Å². The van der Waals surface area contributed by atoms with Crippen LogP contribution >= 0.6 is 0 Å². The molecule has 0 fully saturated rings. The number of fused-ring (bicyclic) bond motifs is 7. The number of hydrogen-bond donors (Lipinski definition) is 0. The zero-order valence-corrected chi connectivity index (χ0v) is 31.0. The normalized spacial score (nSPS) is 11.9. The molecular formula is C55H34N2. The maximum atomic E-state index is 5.06. The Morgan fingerprint density at radius 3 is 1.58 bits per heavy atom. The summed E-state index contributed by atoms with van der Waals surface area (Å²) in [4.78, 5) is 5.06. The first kappa shape index (κ1) is 31.8. The van der Waals surface area contributed by atoms with E-state index in [1.807, 2.05) is 6.07 Å². The summed E-state index contributed by atoms with van der Waals surface area (Å²) in [6.45, 7) is 0. The second-order valence-corrected chi connectivity index (χ2v) is 15.1. The van der Waals surface area contributed by atoms with Gasteiger partial charge >= 0.3 is 0 Å². The van der Waals surface area contributed by atoms with Crippen LogP contribution in [0.4, 0.5) is 0 Å². The Morgan fingerprint density at radius 2 is 0.860 bits per heavy atom. The van der Waals surface area contributed by atoms with E-state index in [0.29, 0.717) is 0 Å². The Labute approximate surface area is 329 Å². The average molecular weight is 723 g/mol. The fourth-order valence-corrected chi connectivity index (χ4v) is 9.40. The fraction of sp³-hybridized carbons (Fsp3) is 0. The molecule has 12 rings (SSSR count). The molecule has 0 saturated heterocycles. The Morgan fingerprint density at radius 1 is 0.316 bits per heavy atom. The summed E-state index contributed by atoms with van der Waals surface area (Å²) < 4.78 is 2.27.